The lowest BCUT2D eigenvalue weighted by Crippen LogP contribution is -2.25. The fourth-order valence-electron chi connectivity index (χ4n) is 5.36. The van der Waals surface area contributed by atoms with E-state index in [-0.39, 0.29) is 0 Å². The predicted octanol–water partition coefficient (Wildman–Crippen LogP) is 3.78. The van der Waals surface area contributed by atoms with Crippen molar-refractivity contribution in [1.82, 2.24) is 0 Å². The summed E-state index contributed by atoms with van der Waals surface area (Å²) in [5.41, 5.74) is 3.95. The van der Waals surface area contributed by atoms with E-state index in [0.29, 0.717) is 0 Å². The van der Waals surface area contributed by atoms with E-state index in [1.807, 2.05) is 11.1 Å². The largest absolute Gasteiger partial charge is 0.0698 e. The molecule has 76 valence electrons. The van der Waals surface area contributed by atoms with Gasteiger partial charge in [0, 0.05) is 0 Å². The molecule has 0 heteroatoms. The van der Waals surface area contributed by atoms with Crippen LogP contribution in [0.1, 0.15) is 45.4 Å². The highest BCUT2D eigenvalue weighted by molar-refractivity contribution is 5.37. The van der Waals surface area contributed by atoms with Gasteiger partial charge in [0.2, 0.25) is 0 Å². The third kappa shape index (κ3) is 0.741. The average molecular weight is 188 g/mol. The number of hydrogen-bond acceptors (Lipinski definition) is 0. The van der Waals surface area contributed by atoms with Crippen molar-refractivity contribution in [2.45, 2.75) is 45.4 Å². The average Bonchev–Trinajstić information content (AvgIpc) is 2.94. The summed E-state index contributed by atoms with van der Waals surface area (Å²) in [6.45, 7) is 2.40. The highest BCUT2D eigenvalue weighted by Gasteiger charge is 2.55. The molecule has 0 heterocycles. The minimum absolute atomic E-state index is 1.07. The van der Waals surface area contributed by atoms with Gasteiger partial charge in [-0.1, -0.05) is 24.5 Å². The van der Waals surface area contributed by atoms with Crippen molar-refractivity contribution >= 4 is 0 Å². The summed E-state index contributed by atoms with van der Waals surface area (Å²) < 4.78 is 0. The minimum atomic E-state index is 1.07. The summed E-state index contributed by atoms with van der Waals surface area (Å²) in [5, 5.41) is 0. The second-order valence-electron chi connectivity index (χ2n) is 6.10. The Hall–Kier alpha value is -0.260. The first-order valence-corrected chi connectivity index (χ1v) is 6.60. The molecule has 14 heavy (non-hydrogen) atoms. The molecule has 0 amide bonds. The number of allylic oxidation sites excluding steroid dienone is 2. The van der Waals surface area contributed by atoms with Gasteiger partial charge in [-0.25, -0.2) is 0 Å². The predicted molar refractivity (Wildman–Crippen MR) is 57.9 cm³/mol. The quantitative estimate of drug-likeness (QED) is 0.549. The van der Waals surface area contributed by atoms with Crippen LogP contribution in [0.2, 0.25) is 0 Å². The molecular weight excluding hydrogens is 168 g/mol. The Bertz CT molecular complexity index is 312. The molecule has 4 rings (SSSR count). The Kier molecular flexibility index (Phi) is 1.40. The van der Waals surface area contributed by atoms with Crippen LogP contribution in [0, 0.1) is 29.6 Å². The second kappa shape index (κ2) is 2.46. The Balaban J connectivity index is 1.78. The van der Waals surface area contributed by atoms with Crippen molar-refractivity contribution in [2.75, 3.05) is 0 Å². The third-order valence-corrected chi connectivity index (χ3v) is 5.77. The lowest BCUT2D eigenvalue weighted by Gasteiger charge is -2.33. The molecule has 3 saturated carbocycles. The van der Waals surface area contributed by atoms with Gasteiger partial charge in [0.1, 0.15) is 0 Å². The highest BCUT2D eigenvalue weighted by Crippen LogP contribution is 2.66. The summed E-state index contributed by atoms with van der Waals surface area (Å²) in [7, 11) is 0. The van der Waals surface area contributed by atoms with Crippen LogP contribution in [0.15, 0.2) is 11.1 Å². The van der Waals surface area contributed by atoms with Gasteiger partial charge in [0.25, 0.3) is 0 Å². The molecule has 0 aromatic rings. The molecule has 4 aliphatic carbocycles. The molecule has 0 radical (unpaired) electrons. The molecule has 4 bridgehead atoms. The van der Waals surface area contributed by atoms with Crippen LogP contribution in [-0.4, -0.2) is 0 Å². The van der Waals surface area contributed by atoms with Gasteiger partial charge in [-0.3, -0.25) is 0 Å². The molecule has 0 saturated heterocycles. The first-order valence-electron chi connectivity index (χ1n) is 6.60. The maximum Gasteiger partial charge on any atom is -0.0135 e. The summed E-state index contributed by atoms with van der Waals surface area (Å²) >= 11 is 0. The lowest BCUT2D eigenvalue weighted by atomic mass is 9.72. The van der Waals surface area contributed by atoms with E-state index >= 15 is 0 Å². The normalized spacial score (nSPS) is 53.4. The smallest absolute Gasteiger partial charge is 0.0135 e. The van der Waals surface area contributed by atoms with Gasteiger partial charge >= 0.3 is 0 Å². The Morgan fingerprint density at radius 3 is 3.00 bits per heavy atom. The van der Waals surface area contributed by atoms with Crippen molar-refractivity contribution in [2.24, 2.45) is 29.6 Å². The van der Waals surface area contributed by atoms with Gasteiger partial charge in [0.05, 0.1) is 0 Å². The standard InChI is InChI=1S/C14H20/c1-2-8-5-11-7-12(8)14-10-4-3-9(6-10)13(11)14/h8-10,12,14H,2-7H2,1H3. The van der Waals surface area contributed by atoms with Crippen LogP contribution < -0.4 is 0 Å². The van der Waals surface area contributed by atoms with Crippen molar-refractivity contribution in [3.63, 3.8) is 0 Å². The zero-order chi connectivity index (χ0) is 9.28. The minimum Gasteiger partial charge on any atom is -0.0698 e. The van der Waals surface area contributed by atoms with Crippen molar-refractivity contribution < 1.29 is 0 Å². The van der Waals surface area contributed by atoms with E-state index in [9.17, 15) is 0 Å². The van der Waals surface area contributed by atoms with Gasteiger partial charge in [-0.15, -0.1) is 0 Å². The molecule has 4 aliphatic rings. The first kappa shape index (κ1) is 7.96. The first-order chi connectivity index (χ1) is 6.88. The Morgan fingerprint density at radius 1 is 1.21 bits per heavy atom. The van der Waals surface area contributed by atoms with E-state index in [1.165, 1.54) is 19.3 Å². The summed E-state index contributed by atoms with van der Waals surface area (Å²) in [4.78, 5) is 0. The monoisotopic (exact) mass is 188 g/mol. The molecule has 3 fully saturated rings. The zero-order valence-corrected chi connectivity index (χ0v) is 9.13. The summed E-state index contributed by atoms with van der Waals surface area (Å²) in [6, 6.07) is 0. The van der Waals surface area contributed by atoms with Crippen LogP contribution in [0.25, 0.3) is 0 Å². The molecule has 0 aromatic carbocycles. The lowest BCUT2D eigenvalue weighted by molar-refractivity contribution is 0.227. The molecule has 5 unspecified atom stereocenters. The maximum atomic E-state index is 2.40. The molecule has 5 atom stereocenters. The van der Waals surface area contributed by atoms with Crippen molar-refractivity contribution in [1.29, 1.82) is 0 Å². The van der Waals surface area contributed by atoms with E-state index in [4.69, 9.17) is 0 Å². The van der Waals surface area contributed by atoms with E-state index in [0.717, 1.165) is 29.6 Å². The van der Waals surface area contributed by atoms with Gasteiger partial charge < -0.3 is 0 Å². The van der Waals surface area contributed by atoms with Gasteiger partial charge in [-0.05, 0) is 61.7 Å². The molecular formula is C14H20. The number of rotatable bonds is 1. The molecule has 0 aliphatic heterocycles. The second-order valence-corrected chi connectivity index (χ2v) is 6.10. The van der Waals surface area contributed by atoms with Crippen LogP contribution in [-0.2, 0) is 0 Å². The molecule has 0 aromatic heterocycles. The van der Waals surface area contributed by atoms with Crippen LogP contribution >= 0.6 is 0 Å². The van der Waals surface area contributed by atoms with Crippen molar-refractivity contribution in [3.8, 4) is 0 Å². The third-order valence-electron chi connectivity index (χ3n) is 5.77. The van der Waals surface area contributed by atoms with Crippen LogP contribution in [0.5, 0.6) is 0 Å². The summed E-state index contributed by atoms with van der Waals surface area (Å²) in [5.74, 6) is 5.50. The fraction of sp³-hybridized carbons (Fsp3) is 0.857. The van der Waals surface area contributed by atoms with E-state index in [2.05, 4.69) is 6.92 Å². The molecule has 0 N–H and O–H groups in total. The SMILES string of the molecule is CCC1CC2=C3C4CCC(C4)C3C1C2. The summed E-state index contributed by atoms with van der Waals surface area (Å²) in [6.07, 6.45) is 9.15. The Morgan fingerprint density at radius 2 is 2.14 bits per heavy atom. The number of hydrogen-bond donors (Lipinski definition) is 0. The topological polar surface area (TPSA) is 0 Å². The molecule has 0 nitrogen and oxygen atoms in total. The maximum absolute atomic E-state index is 2.40. The Labute approximate surface area is 86.8 Å². The van der Waals surface area contributed by atoms with Crippen molar-refractivity contribution in [3.05, 3.63) is 11.1 Å². The number of fused-ring (bicyclic) bond motifs is 8. The zero-order valence-electron chi connectivity index (χ0n) is 9.13. The molecule has 0 spiro atoms. The highest BCUT2D eigenvalue weighted by atomic mass is 14.6. The van der Waals surface area contributed by atoms with E-state index < -0.39 is 0 Å². The van der Waals surface area contributed by atoms with Crippen LogP contribution in [0.3, 0.4) is 0 Å². The van der Waals surface area contributed by atoms with Gasteiger partial charge in [-0.2, -0.15) is 0 Å². The fourth-order valence-corrected chi connectivity index (χ4v) is 5.36. The van der Waals surface area contributed by atoms with Gasteiger partial charge in [0.15, 0.2) is 0 Å². The van der Waals surface area contributed by atoms with Crippen LogP contribution in [0.4, 0.5) is 0 Å². The van der Waals surface area contributed by atoms with E-state index in [1.54, 1.807) is 19.3 Å².